The molecule has 3 heterocycles. The lowest BCUT2D eigenvalue weighted by molar-refractivity contribution is -0.263. The Kier molecular flexibility index (Phi) is 14.3. The normalized spacial score (nSPS) is 35.1. The lowest BCUT2D eigenvalue weighted by Crippen LogP contribution is -2.58. The number of nitrogens with zero attached hydrogens (tertiary/aromatic N) is 4. The van der Waals surface area contributed by atoms with Crippen molar-refractivity contribution in [3.63, 3.8) is 0 Å². The van der Waals surface area contributed by atoms with E-state index >= 15 is 0 Å². The summed E-state index contributed by atoms with van der Waals surface area (Å²) < 4.78 is 25.5. The highest BCUT2D eigenvalue weighted by atomic mass is 16.7. The molecule has 1 aromatic rings. The van der Waals surface area contributed by atoms with E-state index in [1.165, 1.54) is 5.56 Å². The van der Waals surface area contributed by atoms with Crippen LogP contribution < -0.4 is 0 Å². The summed E-state index contributed by atoms with van der Waals surface area (Å²) in [5.41, 5.74) is -1.09. The first-order chi connectivity index (χ1) is 24.0. The maximum atomic E-state index is 14.4. The molecule has 0 N–H and O–H groups in total. The molecule has 0 radical (unpaired) electrons. The van der Waals surface area contributed by atoms with Crippen molar-refractivity contribution in [1.82, 2.24) is 19.6 Å². The van der Waals surface area contributed by atoms with Crippen molar-refractivity contribution in [2.75, 3.05) is 67.5 Å². The second kappa shape index (κ2) is 17.6. The number of carbonyl (C=O) groups is 3. The van der Waals surface area contributed by atoms with Crippen LogP contribution in [0.1, 0.15) is 73.3 Å². The van der Waals surface area contributed by atoms with E-state index in [0.29, 0.717) is 32.5 Å². The van der Waals surface area contributed by atoms with E-state index < -0.39 is 47.4 Å². The first-order valence-electron chi connectivity index (χ1n) is 19.0. The van der Waals surface area contributed by atoms with E-state index in [2.05, 4.69) is 55.1 Å². The van der Waals surface area contributed by atoms with Crippen molar-refractivity contribution in [2.24, 2.45) is 17.3 Å². The van der Waals surface area contributed by atoms with E-state index in [0.717, 1.165) is 32.5 Å². The van der Waals surface area contributed by atoms with Crippen molar-refractivity contribution in [3.8, 4) is 0 Å². The third-order valence-corrected chi connectivity index (χ3v) is 11.6. The molecule has 3 fully saturated rings. The number of likely N-dealkylation sites (N-methyl/N-ethyl adjacent to an activating group) is 1. The zero-order valence-electron chi connectivity index (χ0n) is 33.2. The lowest BCUT2D eigenvalue weighted by Gasteiger charge is -2.45. The number of Topliss-reactive ketones (excluding diaryl/α,β-unsaturated/α-hetero) is 1. The molecule has 51 heavy (non-hydrogen) atoms. The highest BCUT2D eigenvalue weighted by Crippen LogP contribution is 2.38. The molecule has 9 atom stereocenters. The number of methoxy groups -OCH3 is 1. The van der Waals surface area contributed by atoms with Crippen LogP contribution in [0.4, 0.5) is 0 Å². The predicted molar refractivity (Wildman–Crippen MR) is 198 cm³/mol. The smallest absolute Gasteiger partial charge is 0.319 e. The number of esters is 1. The molecule has 288 valence electrons. The fourth-order valence-electron chi connectivity index (χ4n) is 8.46. The molecule has 0 bridgehead atoms. The molecule has 0 unspecified atom stereocenters. The summed E-state index contributed by atoms with van der Waals surface area (Å²) in [5.74, 6) is -1.68. The Morgan fingerprint density at radius 1 is 0.980 bits per heavy atom. The number of hydrogen-bond donors (Lipinski definition) is 0. The summed E-state index contributed by atoms with van der Waals surface area (Å²) in [6, 6.07) is 10.0. The summed E-state index contributed by atoms with van der Waals surface area (Å²) in [6.07, 6.45) is 1.02. The van der Waals surface area contributed by atoms with Crippen LogP contribution in [0.15, 0.2) is 30.3 Å². The topological polar surface area (TPSA) is 101 Å². The van der Waals surface area contributed by atoms with Gasteiger partial charge in [-0.25, -0.2) is 0 Å². The van der Waals surface area contributed by atoms with Gasteiger partial charge in [-0.05, 0) is 86.5 Å². The molecular weight excluding hydrogens is 648 g/mol. The molecule has 3 saturated heterocycles. The van der Waals surface area contributed by atoms with Crippen molar-refractivity contribution in [3.05, 3.63) is 35.9 Å². The molecule has 0 saturated carbocycles. The quantitative estimate of drug-likeness (QED) is 0.289. The first-order valence-corrected chi connectivity index (χ1v) is 19.0. The Morgan fingerprint density at radius 3 is 2.24 bits per heavy atom. The fourth-order valence-corrected chi connectivity index (χ4v) is 8.46. The van der Waals surface area contributed by atoms with E-state index in [9.17, 15) is 14.4 Å². The van der Waals surface area contributed by atoms with Crippen LogP contribution in [0.2, 0.25) is 0 Å². The summed E-state index contributed by atoms with van der Waals surface area (Å²) in [5, 5.41) is 0. The molecule has 11 nitrogen and oxygen atoms in total. The van der Waals surface area contributed by atoms with Crippen molar-refractivity contribution in [2.45, 2.75) is 116 Å². The Hall–Kier alpha value is -2.41. The lowest BCUT2D eigenvalue weighted by atomic mass is 9.74. The van der Waals surface area contributed by atoms with Crippen LogP contribution in [-0.4, -0.2) is 147 Å². The van der Waals surface area contributed by atoms with Gasteiger partial charge in [-0.2, -0.15) is 0 Å². The molecule has 4 rings (SSSR count). The molecule has 1 amide bonds. The number of hydrogen-bond acceptors (Lipinski definition) is 10. The molecule has 3 aliphatic heterocycles. The average Bonchev–Trinajstić information content (AvgIpc) is 3.08. The molecule has 11 heteroatoms. The van der Waals surface area contributed by atoms with E-state index in [4.69, 9.17) is 18.9 Å². The van der Waals surface area contributed by atoms with Crippen molar-refractivity contribution < 1.29 is 33.3 Å². The van der Waals surface area contributed by atoms with Gasteiger partial charge in [-0.15, -0.1) is 0 Å². The zero-order valence-corrected chi connectivity index (χ0v) is 33.2. The average molecular weight is 715 g/mol. The molecule has 3 aliphatic rings. The minimum atomic E-state index is -1.49. The molecule has 0 aliphatic carbocycles. The SMILES string of the molecule is CO[C@]1(C)C[C@@H](C)CN(C)[C@@H](C(=O)N2CCN(CCc3ccccc3)CC2)[C@H](C)OC(=O)C(C)(C)C(=O)[C@H](C)[C@H]1O[C@H]1C[C@@H](N(C)C)C[C@@H](C)O1. The standard InChI is InChI=1S/C40H66N4O7/c1-27-25-40(7,48-11)36(51-33-24-32(41(8)9)23-28(2)49-33)29(3)35(45)39(5,6)38(47)50-30(4)34(42(10)26-27)37(46)44-21-19-43(20-22-44)18-17-31-15-13-12-14-16-31/h12-16,27-30,32-34,36H,17-26H2,1-11H3/t27-,28-,29+,30+,32+,33+,34-,36-,40-/m1/s1. The fraction of sp³-hybridized carbons (Fsp3) is 0.775. The van der Waals surface area contributed by atoms with Crippen molar-refractivity contribution in [1.29, 1.82) is 0 Å². The molecule has 0 aromatic heterocycles. The van der Waals surface area contributed by atoms with E-state index in [1.807, 2.05) is 43.7 Å². The van der Waals surface area contributed by atoms with Crippen LogP contribution >= 0.6 is 0 Å². The number of carbonyl (C=O) groups excluding carboxylic acids is 3. The largest absolute Gasteiger partial charge is 0.460 e. The van der Waals surface area contributed by atoms with Crippen molar-refractivity contribution >= 4 is 17.7 Å². The zero-order chi connectivity index (χ0) is 37.7. The van der Waals surface area contributed by atoms with Gasteiger partial charge >= 0.3 is 5.97 Å². The second-order valence-electron chi connectivity index (χ2n) is 16.5. The summed E-state index contributed by atoms with van der Waals surface area (Å²) in [4.78, 5) is 51.2. The number of ether oxygens (including phenoxy) is 4. The van der Waals surface area contributed by atoms with Crippen LogP contribution in [0, 0.1) is 17.3 Å². The monoisotopic (exact) mass is 714 g/mol. The first kappa shape index (κ1) is 41.3. The molecular formula is C40H66N4O7. The van der Waals surface area contributed by atoms with E-state index in [1.54, 1.807) is 27.9 Å². The van der Waals surface area contributed by atoms with Gasteiger partial charge in [0, 0.05) is 64.8 Å². The number of cyclic esters (lactones) is 1. The number of ketones is 1. The summed E-state index contributed by atoms with van der Waals surface area (Å²) >= 11 is 0. The third-order valence-electron chi connectivity index (χ3n) is 11.6. The van der Waals surface area contributed by atoms with Crippen LogP contribution in [0.3, 0.4) is 0 Å². The summed E-state index contributed by atoms with van der Waals surface area (Å²) in [7, 11) is 7.70. The maximum absolute atomic E-state index is 14.4. The van der Waals surface area contributed by atoms with Crippen LogP contribution in [-0.2, 0) is 39.8 Å². The summed E-state index contributed by atoms with van der Waals surface area (Å²) in [6.45, 7) is 17.2. The minimum absolute atomic E-state index is 0.0158. The number of benzene rings is 1. The van der Waals surface area contributed by atoms with Crippen LogP contribution in [0.25, 0.3) is 0 Å². The molecule has 1 aromatic carbocycles. The Balaban J connectivity index is 1.56. The molecule has 0 spiro atoms. The Bertz CT molecular complexity index is 1300. The van der Waals surface area contributed by atoms with E-state index in [-0.39, 0.29) is 29.8 Å². The number of amides is 1. The van der Waals surface area contributed by atoms with Gasteiger partial charge in [-0.3, -0.25) is 24.2 Å². The van der Waals surface area contributed by atoms with Gasteiger partial charge in [0.2, 0.25) is 5.91 Å². The maximum Gasteiger partial charge on any atom is 0.319 e. The Labute approximate surface area is 307 Å². The van der Waals surface area contributed by atoms with Gasteiger partial charge in [0.1, 0.15) is 17.6 Å². The predicted octanol–water partition coefficient (Wildman–Crippen LogP) is 4.12. The minimum Gasteiger partial charge on any atom is -0.460 e. The second-order valence-corrected chi connectivity index (χ2v) is 16.5. The highest BCUT2D eigenvalue weighted by molar-refractivity contribution is 6.04. The van der Waals surface area contributed by atoms with Gasteiger partial charge in [-0.1, -0.05) is 44.2 Å². The Morgan fingerprint density at radius 2 is 1.63 bits per heavy atom. The van der Waals surface area contributed by atoms with Gasteiger partial charge in [0.25, 0.3) is 0 Å². The number of piperazine rings is 1. The van der Waals surface area contributed by atoms with Gasteiger partial charge < -0.3 is 28.7 Å². The van der Waals surface area contributed by atoms with Gasteiger partial charge in [0.15, 0.2) is 12.1 Å². The highest BCUT2D eigenvalue weighted by Gasteiger charge is 2.51. The third kappa shape index (κ3) is 10.2. The van der Waals surface area contributed by atoms with Gasteiger partial charge in [0.05, 0.1) is 17.8 Å². The number of rotatable bonds is 8. The van der Waals surface area contributed by atoms with Crippen LogP contribution in [0.5, 0.6) is 0 Å².